The van der Waals surface area contributed by atoms with Crippen LogP contribution in [-0.4, -0.2) is 21.2 Å². The Morgan fingerprint density at radius 3 is 2.56 bits per heavy atom. The first-order valence-corrected chi connectivity index (χ1v) is 5.67. The van der Waals surface area contributed by atoms with E-state index in [0.717, 1.165) is 30.0 Å². The van der Waals surface area contributed by atoms with Crippen LogP contribution in [0.2, 0.25) is 0 Å². The minimum atomic E-state index is -2.90. The molecular formula is C10H9F2NO4S. The Morgan fingerprint density at radius 1 is 1.50 bits per heavy atom. The molecule has 1 N–H and O–H groups in total. The third-order valence-corrected chi connectivity index (χ3v) is 3.27. The fourth-order valence-corrected chi connectivity index (χ4v) is 2.08. The first kappa shape index (κ1) is 14.4. The topological polar surface area (TPSA) is 80.4 Å². The number of thioether (sulfide) groups is 1. The minimum Gasteiger partial charge on any atom is -0.480 e. The average Bonchev–Trinajstić information content (AvgIpc) is 2.28. The summed E-state index contributed by atoms with van der Waals surface area (Å²) in [7, 11) is 0. The molecule has 0 bridgehead atoms. The molecule has 0 aliphatic heterocycles. The molecule has 1 rings (SSSR count). The number of rotatable bonds is 5. The molecule has 0 aliphatic carbocycles. The van der Waals surface area contributed by atoms with E-state index in [4.69, 9.17) is 5.11 Å². The Balaban J connectivity index is 3.11. The molecule has 0 spiro atoms. The van der Waals surface area contributed by atoms with Crippen molar-refractivity contribution in [1.82, 2.24) is 0 Å². The largest absolute Gasteiger partial charge is 0.480 e. The van der Waals surface area contributed by atoms with Gasteiger partial charge in [0.25, 0.3) is 12.1 Å². The molecule has 0 saturated heterocycles. The van der Waals surface area contributed by atoms with E-state index >= 15 is 0 Å². The Morgan fingerprint density at radius 2 is 2.11 bits per heavy atom. The van der Waals surface area contributed by atoms with E-state index in [0.29, 0.717) is 0 Å². The Kier molecular flexibility index (Phi) is 4.60. The highest BCUT2D eigenvalue weighted by molar-refractivity contribution is 8.00. The van der Waals surface area contributed by atoms with Crippen molar-refractivity contribution in [3.8, 4) is 0 Å². The third kappa shape index (κ3) is 3.39. The molecule has 1 atom stereocenters. The highest BCUT2D eigenvalue weighted by Gasteiger charge is 2.21. The predicted octanol–water partition coefficient (Wildman–Crippen LogP) is 3.10. The van der Waals surface area contributed by atoms with Crippen LogP contribution < -0.4 is 0 Å². The number of halogens is 2. The van der Waals surface area contributed by atoms with E-state index in [1.165, 1.54) is 6.92 Å². The van der Waals surface area contributed by atoms with E-state index in [-0.39, 0.29) is 4.90 Å². The maximum absolute atomic E-state index is 12.7. The van der Waals surface area contributed by atoms with Crippen LogP contribution in [0.3, 0.4) is 0 Å². The number of carbonyl (C=O) groups is 1. The van der Waals surface area contributed by atoms with Gasteiger partial charge in [-0.2, -0.15) is 0 Å². The summed E-state index contributed by atoms with van der Waals surface area (Å²) in [5.41, 5.74) is -0.972. The molecule has 1 aromatic carbocycles. The molecule has 8 heteroatoms. The molecule has 0 aromatic heterocycles. The SMILES string of the molecule is CC(Sc1ccc([N+](=O)[O-])cc1C(F)F)C(=O)O. The lowest BCUT2D eigenvalue weighted by atomic mass is 10.2. The number of hydrogen-bond acceptors (Lipinski definition) is 4. The van der Waals surface area contributed by atoms with Crippen molar-refractivity contribution in [3.05, 3.63) is 33.9 Å². The summed E-state index contributed by atoms with van der Waals surface area (Å²) in [6.07, 6.45) is -2.90. The van der Waals surface area contributed by atoms with E-state index in [1.807, 2.05) is 0 Å². The van der Waals surface area contributed by atoms with Crippen LogP contribution >= 0.6 is 11.8 Å². The Hall–Kier alpha value is -1.70. The fraction of sp³-hybridized carbons (Fsp3) is 0.300. The second kappa shape index (κ2) is 5.76. The molecule has 1 unspecified atom stereocenters. The number of hydrogen-bond donors (Lipinski definition) is 1. The van der Waals surface area contributed by atoms with Crippen LogP contribution in [-0.2, 0) is 4.79 Å². The molecule has 5 nitrogen and oxygen atoms in total. The molecule has 0 heterocycles. The summed E-state index contributed by atoms with van der Waals surface area (Å²) in [5.74, 6) is -1.14. The number of benzene rings is 1. The minimum absolute atomic E-state index is 0.0329. The maximum atomic E-state index is 12.7. The molecule has 0 amide bonds. The molecule has 0 aliphatic rings. The summed E-state index contributed by atoms with van der Waals surface area (Å²) >= 11 is 0.725. The molecule has 98 valence electrons. The number of carboxylic acids is 1. The zero-order valence-electron chi connectivity index (χ0n) is 9.17. The quantitative estimate of drug-likeness (QED) is 0.508. The molecular weight excluding hydrogens is 268 g/mol. The van der Waals surface area contributed by atoms with Crippen molar-refractivity contribution in [1.29, 1.82) is 0 Å². The second-order valence-corrected chi connectivity index (χ2v) is 4.76. The van der Waals surface area contributed by atoms with Gasteiger partial charge in [-0.15, -0.1) is 11.8 Å². The standard InChI is InChI=1S/C10H9F2NO4S/c1-5(10(14)15)18-8-3-2-6(13(16)17)4-7(8)9(11)12/h2-5,9H,1H3,(H,14,15). The summed E-state index contributed by atoms with van der Waals surface area (Å²) in [6.45, 7) is 1.35. The van der Waals surface area contributed by atoms with Gasteiger partial charge < -0.3 is 5.11 Å². The fourth-order valence-electron chi connectivity index (χ4n) is 1.17. The van der Waals surface area contributed by atoms with Gasteiger partial charge in [0.05, 0.1) is 4.92 Å². The van der Waals surface area contributed by atoms with E-state index < -0.39 is 33.8 Å². The second-order valence-electron chi connectivity index (χ2n) is 3.38. The van der Waals surface area contributed by atoms with Crippen molar-refractivity contribution in [2.75, 3.05) is 0 Å². The molecule has 18 heavy (non-hydrogen) atoms. The van der Waals surface area contributed by atoms with Gasteiger partial charge in [0, 0.05) is 22.6 Å². The van der Waals surface area contributed by atoms with E-state index in [2.05, 4.69) is 0 Å². The van der Waals surface area contributed by atoms with Crippen LogP contribution in [0.25, 0.3) is 0 Å². The molecule has 0 saturated carbocycles. The molecule has 0 fully saturated rings. The first-order chi connectivity index (χ1) is 8.32. The number of nitro benzene ring substituents is 1. The van der Waals surface area contributed by atoms with Gasteiger partial charge in [-0.1, -0.05) is 0 Å². The Labute approximate surface area is 105 Å². The van der Waals surface area contributed by atoms with Gasteiger partial charge in [0.15, 0.2) is 0 Å². The normalized spacial score (nSPS) is 12.4. The highest BCUT2D eigenvalue weighted by atomic mass is 32.2. The van der Waals surface area contributed by atoms with E-state index in [9.17, 15) is 23.7 Å². The lowest BCUT2D eigenvalue weighted by molar-refractivity contribution is -0.385. The van der Waals surface area contributed by atoms with Gasteiger partial charge in [0.2, 0.25) is 0 Å². The first-order valence-electron chi connectivity index (χ1n) is 4.79. The van der Waals surface area contributed by atoms with Crippen LogP contribution in [0.15, 0.2) is 23.1 Å². The van der Waals surface area contributed by atoms with Gasteiger partial charge in [-0.25, -0.2) is 8.78 Å². The zero-order valence-corrected chi connectivity index (χ0v) is 9.99. The lowest BCUT2D eigenvalue weighted by Gasteiger charge is -2.10. The van der Waals surface area contributed by atoms with Crippen LogP contribution in [0.1, 0.15) is 18.9 Å². The summed E-state index contributed by atoms with van der Waals surface area (Å²) in [5, 5.41) is 18.3. The van der Waals surface area contributed by atoms with Gasteiger partial charge >= 0.3 is 5.97 Å². The number of nitro groups is 1. The van der Waals surface area contributed by atoms with Crippen LogP contribution in [0.5, 0.6) is 0 Å². The van der Waals surface area contributed by atoms with Crippen molar-refractivity contribution in [2.45, 2.75) is 23.5 Å². The number of alkyl halides is 2. The number of non-ortho nitro benzene ring substituents is 1. The number of nitrogens with zero attached hydrogens (tertiary/aromatic N) is 1. The number of aliphatic carboxylic acids is 1. The molecule has 0 radical (unpaired) electrons. The Bertz CT molecular complexity index is 481. The summed E-state index contributed by atoms with van der Waals surface area (Å²) in [6, 6.07) is 2.98. The predicted molar refractivity (Wildman–Crippen MR) is 61.0 cm³/mol. The average molecular weight is 277 g/mol. The van der Waals surface area contributed by atoms with Gasteiger partial charge in [-0.3, -0.25) is 14.9 Å². The van der Waals surface area contributed by atoms with Gasteiger partial charge in [-0.05, 0) is 13.0 Å². The van der Waals surface area contributed by atoms with Gasteiger partial charge in [0.1, 0.15) is 5.25 Å². The van der Waals surface area contributed by atoms with Crippen molar-refractivity contribution in [3.63, 3.8) is 0 Å². The summed E-state index contributed by atoms with van der Waals surface area (Å²) < 4.78 is 25.5. The smallest absolute Gasteiger partial charge is 0.316 e. The van der Waals surface area contributed by atoms with Crippen molar-refractivity contribution < 1.29 is 23.6 Å². The monoisotopic (exact) mass is 277 g/mol. The number of carboxylic acid groups (broad SMARTS) is 1. The van der Waals surface area contributed by atoms with E-state index in [1.54, 1.807) is 0 Å². The van der Waals surface area contributed by atoms with Crippen molar-refractivity contribution in [2.24, 2.45) is 0 Å². The lowest BCUT2D eigenvalue weighted by Crippen LogP contribution is -2.11. The molecule has 1 aromatic rings. The van der Waals surface area contributed by atoms with Crippen LogP contribution in [0.4, 0.5) is 14.5 Å². The summed E-state index contributed by atoms with van der Waals surface area (Å²) in [4.78, 5) is 20.4. The zero-order chi connectivity index (χ0) is 13.9. The van der Waals surface area contributed by atoms with Crippen molar-refractivity contribution >= 4 is 23.4 Å². The third-order valence-electron chi connectivity index (χ3n) is 2.09. The highest BCUT2D eigenvalue weighted by Crippen LogP contribution is 2.35. The van der Waals surface area contributed by atoms with Crippen LogP contribution in [0, 0.1) is 10.1 Å². The maximum Gasteiger partial charge on any atom is 0.316 e.